The summed E-state index contributed by atoms with van der Waals surface area (Å²) in [7, 11) is 0. The van der Waals surface area contributed by atoms with Gasteiger partial charge in [0.25, 0.3) is 5.91 Å². The molecule has 0 saturated heterocycles. The van der Waals surface area contributed by atoms with Crippen LogP contribution in [0.25, 0.3) is 16.6 Å². The number of nitrogens with one attached hydrogen (secondary N) is 1. The van der Waals surface area contributed by atoms with Crippen LogP contribution in [-0.2, 0) is 4.79 Å². The minimum Gasteiger partial charge on any atom is -0.490 e. The molecule has 33 heavy (non-hydrogen) atoms. The number of hydrogen-bond acceptors (Lipinski definition) is 6. The van der Waals surface area contributed by atoms with Gasteiger partial charge in [0, 0.05) is 29.8 Å². The van der Waals surface area contributed by atoms with E-state index in [-0.39, 0.29) is 24.0 Å². The number of benzene rings is 1. The quantitative estimate of drug-likeness (QED) is 0.454. The summed E-state index contributed by atoms with van der Waals surface area (Å²) >= 11 is 0. The van der Waals surface area contributed by atoms with Crippen LogP contribution in [0.5, 0.6) is 5.75 Å². The lowest BCUT2D eigenvalue weighted by molar-refractivity contribution is -0.112. The van der Waals surface area contributed by atoms with Gasteiger partial charge in [-0.25, -0.2) is 4.98 Å². The Kier molecular flexibility index (Phi) is 4.82. The molecule has 3 aromatic heterocycles. The Morgan fingerprint density at radius 2 is 2.00 bits per heavy atom. The Balaban J connectivity index is 1.32. The molecule has 1 aromatic carbocycles. The first-order chi connectivity index (χ1) is 16.2. The first kappa shape index (κ1) is 19.9. The number of rotatable bonds is 6. The molecule has 0 aliphatic heterocycles. The zero-order valence-electron chi connectivity index (χ0n) is 18.1. The number of carbonyl (C=O) groups excluding carboxylic acids is 2. The number of hydrogen-bond donors (Lipinski definition) is 1. The fraction of sp³-hybridized carbons (Fsp3) is 0.375. The van der Waals surface area contributed by atoms with E-state index >= 15 is 0 Å². The van der Waals surface area contributed by atoms with Crippen LogP contribution in [0.4, 0.5) is 5.82 Å². The lowest BCUT2D eigenvalue weighted by Gasteiger charge is -2.25. The highest BCUT2D eigenvalue weighted by molar-refractivity contribution is 6.08. The van der Waals surface area contributed by atoms with E-state index in [1.807, 2.05) is 29.1 Å². The van der Waals surface area contributed by atoms with E-state index in [0.29, 0.717) is 22.8 Å². The lowest BCUT2D eigenvalue weighted by Crippen LogP contribution is -2.19. The van der Waals surface area contributed by atoms with Crippen molar-refractivity contribution in [3.63, 3.8) is 0 Å². The van der Waals surface area contributed by atoms with Crippen molar-refractivity contribution in [3.05, 3.63) is 48.4 Å². The zero-order valence-corrected chi connectivity index (χ0v) is 18.1. The highest BCUT2D eigenvalue weighted by Gasteiger charge is 2.28. The topological polar surface area (TPSA) is 103 Å². The first-order valence-corrected chi connectivity index (χ1v) is 11.4. The fourth-order valence-electron chi connectivity index (χ4n) is 4.50. The molecule has 0 spiro atoms. The van der Waals surface area contributed by atoms with Crippen molar-refractivity contribution in [3.8, 4) is 5.75 Å². The van der Waals surface area contributed by atoms with Crippen molar-refractivity contribution in [2.45, 2.75) is 50.7 Å². The molecule has 2 fully saturated rings. The number of fused-ring (bicyclic) bond motifs is 2. The van der Waals surface area contributed by atoms with Gasteiger partial charge in [-0.05, 0) is 56.7 Å². The molecule has 4 aromatic rings. The van der Waals surface area contributed by atoms with Crippen molar-refractivity contribution in [2.24, 2.45) is 5.92 Å². The number of amides is 1. The molecule has 2 aliphatic carbocycles. The SMILES string of the molecule is O=CC1CCC(n2cc3cc(C(=O)Nc4cnc5cccnn45)c(OC4CC4)cc3n2)CC1. The number of aromatic nitrogens is 5. The fourth-order valence-corrected chi connectivity index (χ4v) is 4.50. The Morgan fingerprint density at radius 3 is 2.79 bits per heavy atom. The Bertz CT molecular complexity index is 1350. The number of imidazole rings is 1. The molecule has 2 aliphatic rings. The second-order valence-electron chi connectivity index (χ2n) is 8.93. The summed E-state index contributed by atoms with van der Waals surface area (Å²) in [6.07, 6.45) is 12.1. The largest absolute Gasteiger partial charge is 0.490 e. The van der Waals surface area contributed by atoms with Crippen LogP contribution in [0.15, 0.2) is 42.9 Å². The van der Waals surface area contributed by atoms with Gasteiger partial charge < -0.3 is 14.8 Å². The summed E-state index contributed by atoms with van der Waals surface area (Å²) in [5, 5.41) is 12.8. The van der Waals surface area contributed by atoms with E-state index in [4.69, 9.17) is 9.84 Å². The number of ether oxygens (including phenoxy) is 1. The van der Waals surface area contributed by atoms with Crippen molar-refractivity contribution in [1.82, 2.24) is 24.4 Å². The van der Waals surface area contributed by atoms with E-state index in [9.17, 15) is 9.59 Å². The molecular weight excluding hydrogens is 420 g/mol. The van der Waals surface area contributed by atoms with E-state index in [0.717, 1.165) is 55.7 Å². The third-order valence-corrected chi connectivity index (χ3v) is 6.51. The lowest BCUT2D eigenvalue weighted by atomic mass is 9.87. The van der Waals surface area contributed by atoms with Gasteiger partial charge >= 0.3 is 0 Å². The maximum atomic E-state index is 13.3. The molecule has 3 heterocycles. The Morgan fingerprint density at radius 1 is 1.15 bits per heavy atom. The van der Waals surface area contributed by atoms with Crippen LogP contribution in [0.2, 0.25) is 0 Å². The first-order valence-electron chi connectivity index (χ1n) is 11.4. The van der Waals surface area contributed by atoms with Gasteiger partial charge in [-0.15, -0.1) is 0 Å². The second-order valence-corrected chi connectivity index (χ2v) is 8.93. The van der Waals surface area contributed by atoms with E-state index < -0.39 is 0 Å². The van der Waals surface area contributed by atoms with E-state index in [1.54, 1.807) is 23.0 Å². The Hall–Kier alpha value is -3.75. The molecular formula is C24H24N6O3. The third-order valence-electron chi connectivity index (χ3n) is 6.51. The average Bonchev–Trinajstić information content (AvgIpc) is 3.42. The van der Waals surface area contributed by atoms with Gasteiger partial charge in [0.05, 0.1) is 29.4 Å². The summed E-state index contributed by atoms with van der Waals surface area (Å²) in [6.45, 7) is 0. The molecule has 0 unspecified atom stereocenters. The zero-order chi connectivity index (χ0) is 22.4. The molecule has 0 bridgehead atoms. The molecule has 6 rings (SSSR count). The van der Waals surface area contributed by atoms with Crippen LogP contribution in [-0.4, -0.2) is 42.7 Å². The van der Waals surface area contributed by atoms with Gasteiger partial charge in [-0.1, -0.05) is 0 Å². The molecule has 0 radical (unpaired) electrons. The van der Waals surface area contributed by atoms with Crippen molar-refractivity contribution < 1.29 is 14.3 Å². The standard InChI is InChI=1S/C24H24N6O3/c31-14-15-3-5-17(6-4-15)29-13-16-10-19(21(11-20(16)28-29)33-18-7-8-18)24(32)27-23-12-25-22-2-1-9-26-30(22)23/h1-2,9-15,17-18H,3-8H2,(H,27,32). The number of nitrogens with zero attached hydrogens (tertiary/aromatic N) is 5. The van der Waals surface area contributed by atoms with Crippen LogP contribution in [0.3, 0.4) is 0 Å². The molecule has 1 N–H and O–H groups in total. The second kappa shape index (κ2) is 7.99. The summed E-state index contributed by atoms with van der Waals surface area (Å²) in [5.74, 6) is 0.920. The summed E-state index contributed by atoms with van der Waals surface area (Å²) in [4.78, 5) is 28.6. The van der Waals surface area contributed by atoms with Crippen molar-refractivity contribution >= 4 is 34.6 Å². The van der Waals surface area contributed by atoms with Crippen LogP contribution in [0, 0.1) is 5.92 Å². The van der Waals surface area contributed by atoms with Gasteiger partial charge in [0.15, 0.2) is 11.5 Å². The summed E-state index contributed by atoms with van der Waals surface area (Å²) in [5.41, 5.74) is 1.92. The van der Waals surface area contributed by atoms with Crippen molar-refractivity contribution in [1.29, 1.82) is 0 Å². The molecule has 9 heteroatoms. The molecule has 2 saturated carbocycles. The maximum absolute atomic E-state index is 13.3. The normalized spacial score (nSPS) is 20.7. The smallest absolute Gasteiger partial charge is 0.260 e. The molecule has 9 nitrogen and oxygen atoms in total. The predicted octanol–water partition coefficient (Wildman–Crippen LogP) is 3.80. The minimum atomic E-state index is -0.278. The van der Waals surface area contributed by atoms with Crippen LogP contribution < -0.4 is 10.1 Å². The number of aldehydes is 1. The van der Waals surface area contributed by atoms with E-state index in [1.165, 1.54) is 0 Å². The Labute approximate surface area is 189 Å². The van der Waals surface area contributed by atoms with Gasteiger partial charge in [0.1, 0.15) is 12.0 Å². The molecule has 1 amide bonds. The van der Waals surface area contributed by atoms with Gasteiger partial charge in [0.2, 0.25) is 0 Å². The predicted molar refractivity (Wildman–Crippen MR) is 121 cm³/mol. The van der Waals surface area contributed by atoms with Crippen LogP contribution in [0.1, 0.15) is 54.9 Å². The van der Waals surface area contributed by atoms with Gasteiger partial charge in [-0.3, -0.25) is 9.48 Å². The highest BCUT2D eigenvalue weighted by atomic mass is 16.5. The van der Waals surface area contributed by atoms with Crippen LogP contribution >= 0.6 is 0 Å². The maximum Gasteiger partial charge on any atom is 0.260 e. The van der Waals surface area contributed by atoms with Crippen molar-refractivity contribution in [2.75, 3.05) is 5.32 Å². The minimum absolute atomic E-state index is 0.146. The average molecular weight is 444 g/mol. The third kappa shape index (κ3) is 3.83. The highest BCUT2D eigenvalue weighted by Crippen LogP contribution is 2.35. The monoisotopic (exact) mass is 444 g/mol. The summed E-state index contributed by atoms with van der Waals surface area (Å²) < 4.78 is 9.67. The molecule has 0 atom stereocenters. The van der Waals surface area contributed by atoms with Gasteiger partial charge in [-0.2, -0.15) is 14.7 Å². The number of anilines is 1. The summed E-state index contributed by atoms with van der Waals surface area (Å²) in [6, 6.07) is 7.60. The number of carbonyl (C=O) groups is 2. The van der Waals surface area contributed by atoms with E-state index in [2.05, 4.69) is 15.4 Å². The molecule has 168 valence electrons.